The van der Waals surface area contributed by atoms with Crippen molar-refractivity contribution in [2.24, 2.45) is 0 Å². The first-order valence-corrected chi connectivity index (χ1v) is 10.8. The van der Waals surface area contributed by atoms with E-state index in [1.807, 2.05) is 19.1 Å². The third-order valence-electron chi connectivity index (χ3n) is 5.10. The van der Waals surface area contributed by atoms with Crippen LogP contribution in [0.1, 0.15) is 26.9 Å². The molecule has 1 N–H and O–H groups in total. The zero-order valence-electron chi connectivity index (χ0n) is 16.7. The average Bonchev–Trinajstić information content (AvgIpc) is 3.21. The van der Waals surface area contributed by atoms with E-state index >= 15 is 0 Å². The third kappa shape index (κ3) is 4.61. The van der Waals surface area contributed by atoms with E-state index in [1.54, 1.807) is 29.2 Å². The van der Waals surface area contributed by atoms with Gasteiger partial charge in [-0.25, -0.2) is 8.78 Å². The van der Waals surface area contributed by atoms with Crippen LogP contribution in [-0.4, -0.2) is 28.5 Å². The Morgan fingerprint density at radius 1 is 0.903 bits per heavy atom. The number of nitrogens with one attached hydrogen (secondary N) is 1. The number of thioether (sulfide) groups is 1. The maximum Gasteiger partial charge on any atom is 0.255 e. The predicted molar refractivity (Wildman–Crippen MR) is 118 cm³/mol. The Kier molecular flexibility index (Phi) is 6.04. The number of hydrogen-bond donors (Lipinski definition) is 1. The standard InChI is InChI=1S/C24H20F2N2O2S/c1-15-2-4-16(5-3-15)23(30)28-21(22(29)27-20-12-10-19(26)11-13-20)14-31-24(28)17-6-8-18(25)9-7-17/h2-13,21,24H,14H2,1H3,(H,27,29). The van der Waals surface area contributed by atoms with E-state index in [9.17, 15) is 18.4 Å². The molecule has 1 saturated heterocycles. The molecule has 1 fully saturated rings. The number of halogens is 2. The summed E-state index contributed by atoms with van der Waals surface area (Å²) >= 11 is 1.45. The van der Waals surface area contributed by atoms with Gasteiger partial charge in [0.2, 0.25) is 5.91 Å². The van der Waals surface area contributed by atoms with Crippen LogP contribution in [-0.2, 0) is 4.79 Å². The van der Waals surface area contributed by atoms with Crippen molar-refractivity contribution in [2.75, 3.05) is 11.1 Å². The maximum atomic E-state index is 13.4. The minimum absolute atomic E-state index is 0.279. The van der Waals surface area contributed by atoms with E-state index in [-0.39, 0.29) is 17.6 Å². The van der Waals surface area contributed by atoms with E-state index in [1.165, 1.54) is 48.2 Å². The molecule has 0 aromatic heterocycles. The third-order valence-corrected chi connectivity index (χ3v) is 6.43. The van der Waals surface area contributed by atoms with Crippen LogP contribution < -0.4 is 5.32 Å². The summed E-state index contributed by atoms with van der Waals surface area (Å²) in [6.07, 6.45) is 0. The highest BCUT2D eigenvalue weighted by atomic mass is 32.2. The summed E-state index contributed by atoms with van der Waals surface area (Å²) in [6, 6.07) is 17.8. The Labute approximate surface area is 183 Å². The molecule has 0 bridgehead atoms. The van der Waals surface area contributed by atoms with Crippen LogP contribution in [0.3, 0.4) is 0 Å². The van der Waals surface area contributed by atoms with E-state index in [4.69, 9.17) is 0 Å². The van der Waals surface area contributed by atoms with Gasteiger partial charge in [0.25, 0.3) is 5.91 Å². The summed E-state index contributed by atoms with van der Waals surface area (Å²) in [5.41, 5.74) is 2.68. The maximum absolute atomic E-state index is 13.4. The molecule has 1 aliphatic rings. The van der Waals surface area contributed by atoms with E-state index in [0.29, 0.717) is 17.0 Å². The Morgan fingerprint density at radius 3 is 2.10 bits per heavy atom. The smallest absolute Gasteiger partial charge is 0.255 e. The second-order valence-electron chi connectivity index (χ2n) is 7.33. The van der Waals surface area contributed by atoms with Crippen molar-refractivity contribution >= 4 is 29.3 Å². The second-order valence-corrected chi connectivity index (χ2v) is 8.44. The van der Waals surface area contributed by atoms with E-state index in [2.05, 4.69) is 5.32 Å². The molecule has 7 heteroatoms. The van der Waals surface area contributed by atoms with Gasteiger partial charge in [0.1, 0.15) is 23.1 Å². The molecule has 0 aliphatic carbocycles. The topological polar surface area (TPSA) is 49.4 Å². The lowest BCUT2D eigenvalue weighted by Gasteiger charge is -2.29. The molecule has 3 aromatic carbocycles. The number of carbonyl (C=O) groups excluding carboxylic acids is 2. The van der Waals surface area contributed by atoms with Crippen LogP contribution in [0, 0.1) is 18.6 Å². The van der Waals surface area contributed by atoms with Crippen LogP contribution in [0.2, 0.25) is 0 Å². The fourth-order valence-corrected chi connectivity index (χ4v) is 4.87. The molecular weight excluding hydrogens is 418 g/mol. The lowest BCUT2D eigenvalue weighted by Crippen LogP contribution is -2.45. The largest absolute Gasteiger partial charge is 0.324 e. The second kappa shape index (κ2) is 8.89. The highest BCUT2D eigenvalue weighted by Crippen LogP contribution is 2.42. The highest BCUT2D eigenvalue weighted by molar-refractivity contribution is 7.99. The van der Waals surface area contributed by atoms with Crippen molar-refractivity contribution in [3.8, 4) is 0 Å². The first-order valence-electron chi connectivity index (χ1n) is 9.75. The monoisotopic (exact) mass is 438 g/mol. The number of carbonyl (C=O) groups is 2. The van der Waals surface area contributed by atoms with Crippen LogP contribution in [0.4, 0.5) is 14.5 Å². The fraction of sp³-hybridized carbons (Fsp3) is 0.167. The number of rotatable bonds is 4. The first kappa shape index (κ1) is 21.1. The minimum atomic E-state index is -0.737. The Balaban J connectivity index is 1.65. The first-order chi connectivity index (χ1) is 14.9. The SMILES string of the molecule is Cc1ccc(C(=O)N2C(C(=O)Nc3ccc(F)cc3)CSC2c2ccc(F)cc2)cc1. The van der Waals surface area contributed by atoms with Gasteiger partial charge in [0.05, 0.1) is 0 Å². The molecule has 31 heavy (non-hydrogen) atoms. The van der Waals surface area contributed by atoms with Crippen molar-refractivity contribution in [3.63, 3.8) is 0 Å². The number of nitrogens with zero attached hydrogens (tertiary/aromatic N) is 1. The van der Waals surface area contributed by atoms with Crippen molar-refractivity contribution in [1.29, 1.82) is 0 Å². The molecule has 3 aromatic rings. The molecular formula is C24H20F2N2O2S. The molecule has 158 valence electrons. The van der Waals surface area contributed by atoms with Gasteiger partial charge in [-0.05, 0) is 61.0 Å². The Bertz CT molecular complexity index is 1090. The zero-order valence-corrected chi connectivity index (χ0v) is 17.5. The number of aryl methyl sites for hydroxylation is 1. The van der Waals surface area contributed by atoms with E-state index in [0.717, 1.165) is 11.1 Å². The van der Waals surface area contributed by atoms with E-state index < -0.39 is 17.2 Å². The Morgan fingerprint density at radius 2 is 1.48 bits per heavy atom. The molecule has 2 unspecified atom stereocenters. The Hall–Kier alpha value is -3.19. The van der Waals surface area contributed by atoms with Crippen molar-refractivity contribution in [3.05, 3.63) is 101 Å². The van der Waals surface area contributed by atoms with Gasteiger partial charge in [-0.1, -0.05) is 29.8 Å². The summed E-state index contributed by atoms with van der Waals surface area (Å²) in [7, 11) is 0. The van der Waals surface area contributed by atoms with Crippen molar-refractivity contribution < 1.29 is 18.4 Å². The van der Waals surface area contributed by atoms with Crippen molar-refractivity contribution in [2.45, 2.75) is 18.3 Å². The molecule has 2 amide bonds. The van der Waals surface area contributed by atoms with Gasteiger partial charge in [0, 0.05) is 17.0 Å². The molecule has 0 spiro atoms. The number of benzene rings is 3. The minimum Gasteiger partial charge on any atom is -0.324 e. The quantitative estimate of drug-likeness (QED) is 0.612. The summed E-state index contributed by atoms with van der Waals surface area (Å²) in [5, 5.41) is 2.33. The molecule has 0 saturated carbocycles. The van der Waals surface area contributed by atoms with Gasteiger partial charge in [-0.2, -0.15) is 0 Å². The molecule has 0 radical (unpaired) electrons. The number of anilines is 1. The fourth-order valence-electron chi connectivity index (χ4n) is 3.44. The van der Waals surface area contributed by atoms with Gasteiger partial charge in [0.15, 0.2) is 0 Å². The molecule has 4 rings (SSSR count). The molecule has 1 aliphatic heterocycles. The molecule has 1 heterocycles. The highest BCUT2D eigenvalue weighted by Gasteiger charge is 2.42. The summed E-state index contributed by atoms with van der Waals surface area (Å²) in [4.78, 5) is 28.0. The van der Waals surface area contributed by atoms with Gasteiger partial charge >= 0.3 is 0 Å². The van der Waals surface area contributed by atoms with Crippen LogP contribution >= 0.6 is 11.8 Å². The lowest BCUT2D eigenvalue weighted by molar-refractivity contribution is -0.119. The van der Waals surface area contributed by atoms with Gasteiger partial charge in [-0.15, -0.1) is 11.8 Å². The van der Waals surface area contributed by atoms with Gasteiger partial charge in [-0.3, -0.25) is 9.59 Å². The van der Waals surface area contributed by atoms with Crippen LogP contribution in [0.25, 0.3) is 0 Å². The summed E-state index contributed by atoms with van der Waals surface area (Å²) in [6.45, 7) is 1.93. The predicted octanol–water partition coefficient (Wildman–Crippen LogP) is 5.17. The lowest BCUT2D eigenvalue weighted by atomic mass is 10.1. The normalized spacial score (nSPS) is 18.1. The zero-order chi connectivity index (χ0) is 22.0. The molecule has 2 atom stereocenters. The number of amides is 2. The van der Waals surface area contributed by atoms with Crippen LogP contribution in [0.15, 0.2) is 72.8 Å². The number of hydrogen-bond acceptors (Lipinski definition) is 3. The van der Waals surface area contributed by atoms with Gasteiger partial charge < -0.3 is 10.2 Å². The molecule has 4 nitrogen and oxygen atoms in total. The average molecular weight is 438 g/mol. The van der Waals surface area contributed by atoms with Crippen LogP contribution in [0.5, 0.6) is 0 Å². The summed E-state index contributed by atoms with van der Waals surface area (Å²) < 4.78 is 26.6. The van der Waals surface area contributed by atoms with Crippen molar-refractivity contribution in [1.82, 2.24) is 4.90 Å². The summed E-state index contributed by atoms with van der Waals surface area (Å²) in [5.74, 6) is -1.02.